The maximum atomic E-state index is 5.80. The van der Waals surface area contributed by atoms with Crippen molar-refractivity contribution in [3.8, 4) is 17.0 Å². The molecule has 0 spiro atoms. The van der Waals surface area contributed by atoms with E-state index in [1.807, 2.05) is 50.0 Å². The summed E-state index contributed by atoms with van der Waals surface area (Å²) in [6.07, 6.45) is 3.61. The molecule has 0 radical (unpaired) electrons. The lowest BCUT2D eigenvalue weighted by atomic mass is 10.0. The minimum absolute atomic E-state index is 0.249. The Morgan fingerprint density at radius 3 is 2.77 bits per heavy atom. The Labute approximate surface area is 175 Å². The van der Waals surface area contributed by atoms with Crippen molar-refractivity contribution in [2.75, 3.05) is 11.9 Å². The zero-order chi connectivity index (χ0) is 21.3. The molecule has 4 aromatic heterocycles. The van der Waals surface area contributed by atoms with Crippen LogP contribution in [0.25, 0.3) is 22.2 Å². The van der Waals surface area contributed by atoms with E-state index in [-0.39, 0.29) is 5.92 Å². The fourth-order valence-corrected chi connectivity index (χ4v) is 3.63. The number of ether oxygens (including phenoxy) is 1. The molecule has 4 aromatic rings. The molecule has 0 amide bonds. The lowest BCUT2D eigenvalue weighted by Gasteiger charge is -2.16. The highest BCUT2D eigenvalue weighted by atomic mass is 16.5. The summed E-state index contributed by atoms with van der Waals surface area (Å²) in [6.45, 7) is 9.35. The summed E-state index contributed by atoms with van der Waals surface area (Å²) >= 11 is 0. The number of nitrogens with zero attached hydrogens (tertiary/aromatic N) is 5. The Kier molecular flexibility index (Phi) is 5.39. The zero-order valence-corrected chi connectivity index (χ0v) is 18.0. The molecule has 0 saturated heterocycles. The normalized spacial score (nSPS) is 11.4. The van der Waals surface area contributed by atoms with Crippen molar-refractivity contribution in [2.24, 2.45) is 7.05 Å². The van der Waals surface area contributed by atoms with Gasteiger partial charge >= 0.3 is 0 Å². The predicted molar refractivity (Wildman–Crippen MR) is 118 cm³/mol. The quantitative estimate of drug-likeness (QED) is 0.479. The van der Waals surface area contributed by atoms with Crippen molar-refractivity contribution in [3.63, 3.8) is 0 Å². The lowest BCUT2D eigenvalue weighted by Crippen LogP contribution is -2.05. The van der Waals surface area contributed by atoms with Gasteiger partial charge in [0.25, 0.3) is 0 Å². The molecule has 2 N–H and O–H groups in total. The first kappa shape index (κ1) is 19.9. The molecule has 30 heavy (non-hydrogen) atoms. The van der Waals surface area contributed by atoms with Gasteiger partial charge in [0.15, 0.2) is 5.65 Å². The van der Waals surface area contributed by atoms with Crippen molar-refractivity contribution < 1.29 is 4.74 Å². The molecule has 8 heteroatoms. The van der Waals surface area contributed by atoms with Crippen LogP contribution in [0, 0.1) is 6.92 Å². The molecule has 0 aliphatic rings. The van der Waals surface area contributed by atoms with E-state index in [9.17, 15) is 0 Å². The van der Waals surface area contributed by atoms with Crippen LogP contribution in [-0.4, -0.2) is 36.6 Å². The van der Waals surface area contributed by atoms with Crippen LogP contribution in [0.1, 0.15) is 43.8 Å². The van der Waals surface area contributed by atoms with Crippen molar-refractivity contribution in [1.29, 1.82) is 0 Å². The smallest absolute Gasteiger partial charge is 0.221 e. The minimum atomic E-state index is 0.249. The van der Waals surface area contributed by atoms with Crippen molar-refractivity contribution in [2.45, 2.75) is 40.2 Å². The number of hydrogen-bond acceptors (Lipinski definition) is 6. The van der Waals surface area contributed by atoms with E-state index in [2.05, 4.69) is 34.3 Å². The molecule has 8 nitrogen and oxygen atoms in total. The first-order chi connectivity index (χ1) is 14.5. The van der Waals surface area contributed by atoms with Crippen LogP contribution in [0.2, 0.25) is 0 Å². The molecule has 4 heterocycles. The van der Waals surface area contributed by atoms with Gasteiger partial charge in [-0.05, 0) is 38.0 Å². The van der Waals surface area contributed by atoms with Crippen LogP contribution in [0.5, 0.6) is 5.88 Å². The second kappa shape index (κ2) is 8.14. The second-order valence-electron chi connectivity index (χ2n) is 7.59. The summed E-state index contributed by atoms with van der Waals surface area (Å²) in [5.41, 5.74) is 6.60. The Bertz CT molecular complexity index is 1180. The standard InChI is InChI=1S/C22H27N7O/c1-6-30-22-16(8-7-9-23-22)17-12-25-21-18(19(13(2)3)28-29(21)5)20(17)24-11-15-10-14(4)26-27-15/h7-10,12-13H,6,11H2,1-5H3,(H,24,25)(H,26,27). The minimum Gasteiger partial charge on any atom is -0.478 e. The van der Waals surface area contributed by atoms with Gasteiger partial charge in [-0.1, -0.05) is 13.8 Å². The molecular formula is C22H27N7O. The molecule has 0 unspecified atom stereocenters. The highest BCUT2D eigenvalue weighted by molar-refractivity contribution is 6.00. The molecule has 0 bridgehead atoms. The monoisotopic (exact) mass is 405 g/mol. The summed E-state index contributed by atoms with van der Waals surface area (Å²) in [4.78, 5) is 9.17. The second-order valence-corrected chi connectivity index (χ2v) is 7.59. The number of aryl methyl sites for hydroxylation is 2. The van der Waals surface area contributed by atoms with Crippen molar-refractivity contribution >= 4 is 16.7 Å². The number of hydrogen-bond donors (Lipinski definition) is 2. The van der Waals surface area contributed by atoms with E-state index < -0.39 is 0 Å². The Morgan fingerprint density at radius 1 is 1.23 bits per heavy atom. The molecule has 0 aliphatic heterocycles. The highest BCUT2D eigenvalue weighted by Gasteiger charge is 2.22. The van der Waals surface area contributed by atoms with Gasteiger partial charge in [0.2, 0.25) is 5.88 Å². The van der Waals surface area contributed by atoms with Crippen molar-refractivity contribution in [3.05, 3.63) is 47.7 Å². The summed E-state index contributed by atoms with van der Waals surface area (Å²) in [5.74, 6) is 0.842. The fourth-order valence-electron chi connectivity index (χ4n) is 3.63. The van der Waals surface area contributed by atoms with Crippen LogP contribution < -0.4 is 10.1 Å². The maximum absolute atomic E-state index is 5.80. The van der Waals surface area contributed by atoms with Gasteiger partial charge < -0.3 is 10.1 Å². The fraction of sp³-hybridized carbons (Fsp3) is 0.364. The van der Waals surface area contributed by atoms with E-state index in [0.717, 1.165) is 44.9 Å². The third-order valence-corrected chi connectivity index (χ3v) is 4.97. The van der Waals surface area contributed by atoms with E-state index in [1.165, 1.54) is 0 Å². The van der Waals surface area contributed by atoms with Gasteiger partial charge in [0, 0.05) is 36.3 Å². The molecule has 0 atom stereocenters. The first-order valence-electron chi connectivity index (χ1n) is 10.2. The number of aromatic amines is 1. The molecular weight excluding hydrogens is 378 g/mol. The first-order valence-corrected chi connectivity index (χ1v) is 10.2. The maximum Gasteiger partial charge on any atom is 0.221 e. The Balaban J connectivity index is 1.92. The summed E-state index contributed by atoms with van der Waals surface area (Å²) in [7, 11) is 1.93. The average molecular weight is 406 g/mol. The zero-order valence-electron chi connectivity index (χ0n) is 18.0. The summed E-state index contributed by atoms with van der Waals surface area (Å²) < 4.78 is 7.64. The van der Waals surface area contributed by atoms with E-state index in [0.29, 0.717) is 19.0 Å². The number of aromatic nitrogens is 6. The third kappa shape index (κ3) is 3.60. The third-order valence-electron chi connectivity index (χ3n) is 4.97. The molecule has 156 valence electrons. The van der Waals surface area contributed by atoms with Crippen LogP contribution >= 0.6 is 0 Å². The Hall–Kier alpha value is -3.42. The number of H-pyrrole nitrogens is 1. The van der Waals surface area contributed by atoms with Crippen LogP contribution in [0.3, 0.4) is 0 Å². The van der Waals surface area contributed by atoms with Gasteiger partial charge in [0.05, 0.1) is 35.6 Å². The molecule has 4 rings (SSSR count). The summed E-state index contributed by atoms with van der Waals surface area (Å²) in [5, 5.41) is 16.7. The van der Waals surface area contributed by atoms with E-state index in [1.54, 1.807) is 6.20 Å². The number of pyridine rings is 2. The number of anilines is 1. The molecule has 0 aliphatic carbocycles. The van der Waals surface area contributed by atoms with Gasteiger partial charge in [0.1, 0.15) is 0 Å². The SMILES string of the molecule is CCOc1ncccc1-c1cnc2c(c(C(C)C)nn2C)c1NCc1cc(C)[nH]n1. The number of fused-ring (bicyclic) bond motifs is 1. The average Bonchev–Trinajstić information content (AvgIpc) is 3.30. The van der Waals surface area contributed by atoms with Crippen LogP contribution in [0.15, 0.2) is 30.6 Å². The molecule has 0 fully saturated rings. The predicted octanol–water partition coefficient (Wildman–Crippen LogP) is 4.20. The van der Waals surface area contributed by atoms with Crippen LogP contribution in [-0.2, 0) is 13.6 Å². The van der Waals surface area contributed by atoms with Gasteiger partial charge in [-0.3, -0.25) is 9.78 Å². The Morgan fingerprint density at radius 2 is 2.07 bits per heavy atom. The lowest BCUT2D eigenvalue weighted by molar-refractivity contribution is 0.328. The van der Waals surface area contributed by atoms with E-state index >= 15 is 0 Å². The number of rotatable bonds is 7. The largest absolute Gasteiger partial charge is 0.478 e. The molecule has 0 aromatic carbocycles. The van der Waals surface area contributed by atoms with Gasteiger partial charge in [-0.25, -0.2) is 9.97 Å². The highest BCUT2D eigenvalue weighted by Crippen LogP contribution is 2.40. The molecule has 0 saturated carbocycles. The van der Waals surface area contributed by atoms with Crippen molar-refractivity contribution in [1.82, 2.24) is 29.9 Å². The number of nitrogens with one attached hydrogen (secondary N) is 2. The van der Waals surface area contributed by atoms with Gasteiger partial charge in [-0.15, -0.1) is 0 Å². The van der Waals surface area contributed by atoms with E-state index in [4.69, 9.17) is 14.8 Å². The van der Waals surface area contributed by atoms with Crippen LogP contribution in [0.4, 0.5) is 5.69 Å². The van der Waals surface area contributed by atoms with Gasteiger partial charge in [-0.2, -0.15) is 10.2 Å². The topological polar surface area (TPSA) is 93.5 Å². The summed E-state index contributed by atoms with van der Waals surface area (Å²) in [6, 6.07) is 5.96.